The lowest BCUT2D eigenvalue weighted by atomic mass is 9.98. The van der Waals surface area contributed by atoms with Crippen LogP contribution in [-0.2, 0) is 0 Å². The van der Waals surface area contributed by atoms with Crippen LogP contribution in [0.3, 0.4) is 0 Å². The number of carbonyl (C=O) groups excluding carboxylic acids is 1. The van der Waals surface area contributed by atoms with Gasteiger partial charge in [0.05, 0.1) is 5.52 Å². The highest BCUT2D eigenvalue weighted by Gasteiger charge is 2.27. The second-order valence-electron chi connectivity index (χ2n) is 5.44. The van der Waals surface area contributed by atoms with Crippen molar-refractivity contribution in [2.45, 2.75) is 18.2 Å². The van der Waals surface area contributed by atoms with Gasteiger partial charge in [-0.05, 0) is 36.6 Å². The SMILES string of the molecule is CC1CCN(C(=O)c2ccc3ncccc3c2)CC1Br. The molecule has 1 aromatic carbocycles. The van der Waals surface area contributed by atoms with Gasteiger partial charge in [-0.3, -0.25) is 9.78 Å². The molecule has 2 unspecified atom stereocenters. The van der Waals surface area contributed by atoms with Crippen LogP contribution in [0.1, 0.15) is 23.7 Å². The predicted molar refractivity (Wildman–Crippen MR) is 84.1 cm³/mol. The fraction of sp³-hybridized carbons (Fsp3) is 0.375. The zero-order chi connectivity index (χ0) is 14.1. The van der Waals surface area contributed by atoms with Crippen molar-refractivity contribution >= 4 is 32.7 Å². The molecule has 0 N–H and O–H groups in total. The molecule has 4 heteroatoms. The van der Waals surface area contributed by atoms with E-state index in [0.717, 1.165) is 36.0 Å². The number of carbonyl (C=O) groups is 1. The van der Waals surface area contributed by atoms with Crippen molar-refractivity contribution in [2.24, 2.45) is 5.92 Å². The highest BCUT2D eigenvalue weighted by Crippen LogP contribution is 2.25. The number of halogens is 1. The number of aromatic nitrogens is 1. The lowest BCUT2D eigenvalue weighted by Gasteiger charge is -2.34. The number of pyridine rings is 1. The second-order valence-corrected chi connectivity index (χ2v) is 6.62. The van der Waals surface area contributed by atoms with Crippen LogP contribution in [0.2, 0.25) is 0 Å². The first-order valence-corrected chi connectivity index (χ1v) is 7.85. The number of amides is 1. The summed E-state index contributed by atoms with van der Waals surface area (Å²) in [6.07, 6.45) is 2.82. The first-order chi connectivity index (χ1) is 9.65. The zero-order valence-electron chi connectivity index (χ0n) is 11.4. The molecule has 2 atom stereocenters. The molecular weight excluding hydrogens is 316 g/mol. The Morgan fingerprint density at radius 2 is 2.25 bits per heavy atom. The van der Waals surface area contributed by atoms with Crippen LogP contribution in [0, 0.1) is 5.92 Å². The molecule has 1 fully saturated rings. The van der Waals surface area contributed by atoms with Gasteiger partial charge in [0.25, 0.3) is 5.91 Å². The number of hydrogen-bond acceptors (Lipinski definition) is 2. The Labute approximate surface area is 127 Å². The van der Waals surface area contributed by atoms with E-state index in [2.05, 4.69) is 27.8 Å². The molecule has 1 amide bonds. The number of rotatable bonds is 1. The number of likely N-dealkylation sites (tertiary alicyclic amines) is 1. The van der Waals surface area contributed by atoms with Gasteiger partial charge in [0.2, 0.25) is 0 Å². The van der Waals surface area contributed by atoms with E-state index in [4.69, 9.17) is 0 Å². The zero-order valence-corrected chi connectivity index (χ0v) is 13.0. The number of piperidine rings is 1. The van der Waals surface area contributed by atoms with Gasteiger partial charge < -0.3 is 4.90 Å². The third kappa shape index (κ3) is 2.57. The van der Waals surface area contributed by atoms with Crippen LogP contribution >= 0.6 is 15.9 Å². The summed E-state index contributed by atoms with van der Waals surface area (Å²) in [7, 11) is 0. The van der Waals surface area contributed by atoms with Crippen molar-refractivity contribution in [1.82, 2.24) is 9.88 Å². The minimum absolute atomic E-state index is 0.118. The molecule has 2 aromatic rings. The first-order valence-electron chi connectivity index (χ1n) is 6.93. The molecule has 104 valence electrons. The summed E-state index contributed by atoms with van der Waals surface area (Å²) < 4.78 is 0. The maximum absolute atomic E-state index is 12.6. The van der Waals surface area contributed by atoms with Gasteiger partial charge in [-0.15, -0.1) is 0 Å². The summed E-state index contributed by atoms with van der Waals surface area (Å²) in [5.41, 5.74) is 1.68. The van der Waals surface area contributed by atoms with Crippen LogP contribution in [0.5, 0.6) is 0 Å². The minimum atomic E-state index is 0.118. The van der Waals surface area contributed by atoms with E-state index in [1.54, 1.807) is 6.20 Å². The van der Waals surface area contributed by atoms with Crippen molar-refractivity contribution in [1.29, 1.82) is 0 Å². The Hall–Kier alpha value is -1.42. The Morgan fingerprint density at radius 1 is 1.40 bits per heavy atom. The normalized spacial score (nSPS) is 23.0. The monoisotopic (exact) mass is 332 g/mol. The van der Waals surface area contributed by atoms with Crippen LogP contribution in [0.25, 0.3) is 10.9 Å². The summed E-state index contributed by atoms with van der Waals surface area (Å²) in [5, 5.41) is 1.01. The summed E-state index contributed by atoms with van der Waals surface area (Å²) >= 11 is 3.67. The molecule has 1 aliphatic rings. The Bertz CT molecular complexity index is 643. The predicted octanol–water partition coefficient (Wildman–Crippen LogP) is 3.48. The molecule has 1 aliphatic heterocycles. The van der Waals surface area contributed by atoms with Gasteiger partial charge in [0.15, 0.2) is 0 Å². The van der Waals surface area contributed by atoms with Gasteiger partial charge in [-0.25, -0.2) is 0 Å². The molecule has 20 heavy (non-hydrogen) atoms. The average Bonchev–Trinajstić information content (AvgIpc) is 2.49. The third-order valence-electron chi connectivity index (χ3n) is 4.00. The standard InChI is InChI=1S/C16H17BrN2O/c1-11-6-8-19(10-14(11)17)16(20)13-4-5-15-12(9-13)3-2-7-18-15/h2-5,7,9,11,14H,6,8,10H2,1H3. The van der Waals surface area contributed by atoms with E-state index in [9.17, 15) is 4.79 Å². The molecule has 0 spiro atoms. The summed E-state index contributed by atoms with van der Waals surface area (Å²) in [4.78, 5) is 19.2. The molecule has 2 heterocycles. The van der Waals surface area contributed by atoms with Crippen molar-refractivity contribution in [3.63, 3.8) is 0 Å². The van der Waals surface area contributed by atoms with Crippen LogP contribution < -0.4 is 0 Å². The van der Waals surface area contributed by atoms with Crippen LogP contribution in [-0.4, -0.2) is 33.7 Å². The highest BCUT2D eigenvalue weighted by atomic mass is 79.9. The maximum Gasteiger partial charge on any atom is 0.253 e. The third-order valence-corrected chi connectivity index (χ3v) is 5.20. The number of alkyl halides is 1. The maximum atomic E-state index is 12.6. The van der Waals surface area contributed by atoms with E-state index in [0.29, 0.717) is 10.7 Å². The topological polar surface area (TPSA) is 33.2 Å². The molecule has 1 aromatic heterocycles. The molecule has 1 saturated heterocycles. The summed E-state index contributed by atoms with van der Waals surface area (Å²) in [6, 6.07) is 9.62. The molecular formula is C16H17BrN2O. The minimum Gasteiger partial charge on any atom is -0.338 e. The first kappa shape index (κ1) is 13.6. The van der Waals surface area contributed by atoms with E-state index < -0.39 is 0 Å². The molecule has 0 saturated carbocycles. The van der Waals surface area contributed by atoms with Gasteiger partial charge in [0.1, 0.15) is 0 Å². The van der Waals surface area contributed by atoms with Gasteiger partial charge >= 0.3 is 0 Å². The summed E-state index contributed by atoms with van der Waals surface area (Å²) in [5.74, 6) is 0.743. The van der Waals surface area contributed by atoms with E-state index in [1.807, 2.05) is 35.2 Å². The van der Waals surface area contributed by atoms with Crippen molar-refractivity contribution < 1.29 is 4.79 Å². The Balaban J connectivity index is 1.85. The fourth-order valence-electron chi connectivity index (χ4n) is 2.60. The average molecular weight is 333 g/mol. The highest BCUT2D eigenvalue weighted by molar-refractivity contribution is 9.09. The number of nitrogens with zero attached hydrogens (tertiary/aromatic N) is 2. The lowest BCUT2D eigenvalue weighted by Crippen LogP contribution is -2.43. The van der Waals surface area contributed by atoms with Crippen molar-refractivity contribution in [2.75, 3.05) is 13.1 Å². The molecule has 0 aliphatic carbocycles. The van der Waals surface area contributed by atoms with Gasteiger partial charge in [-0.2, -0.15) is 0 Å². The van der Waals surface area contributed by atoms with E-state index >= 15 is 0 Å². The lowest BCUT2D eigenvalue weighted by molar-refractivity contribution is 0.0706. The fourth-order valence-corrected chi connectivity index (χ4v) is 3.21. The van der Waals surface area contributed by atoms with Crippen molar-refractivity contribution in [3.05, 3.63) is 42.1 Å². The Morgan fingerprint density at radius 3 is 3.05 bits per heavy atom. The van der Waals surface area contributed by atoms with Crippen molar-refractivity contribution in [3.8, 4) is 0 Å². The van der Waals surface area contributed by atoms with E-state index in [1.165, 1.54) is 0 Å². The number of fused-ring (bicyclic) bond motifs is 1. The largest absolute Gasteiger partial charge is 0.338 e. The molecule has 0 bridgehead atoms. The molecule has 0 radical (unpaired) electrons. The second kappa shape index (κ2) is 5.52. The number of hydrogen-bond donors (Lipinski definition) is 0. The van der Waals surface area contributed by atoms with Gasteiger partial charge in [-0.1, -0.05) is 28.9 Å². The quantitative estimate of drug-likeness (QED) is 0.749. The van der Waals surface area contributed by atoms with E-state index in [-0.39, 0.29) is 5.91 Å². The molecule has 3 rings (SSSR count). The number of benzene rings is 1. The van der Waals surface area contributed by atoms with Gasteiger partial charge in [0, 0.05) is 35.1 Å². The smallest absolute Gasteiger partial charge is 0.253 e. The van der Waals surface area contributed by atoms with Crippen LogP contribution in [0.4, 0.5) is 0 Å². The van der Waals surface area contributed by atoms with Crippen LogP contribution in [0.15, 0.2) is 36.5 Å². The molecule has 3 nitrogen and oxygen atoms in total. The summed E-state index contributed by atoms with van der Waals surface area (Å²) in [6.45, 7) is 3.85. The Kier molecular flexibility index (Phi) is 3.74.